The summed E-state index contributed by atoms with van der Waals surface area (Å²) in [6, 6.07) is 7.28. The average Bonchev–Trinajstić information content (AvgIpc) is 3.30. The Bertz CT molecular complexity index is 606. The van der Waals surface area contributed by atoms with E-state index < -0.39 is 0 Å². The minimum atomic E-state index is 0.520. The third-order valence-corrected chi connectivity index (χ3v) is 4.26. The summed E-state index contributed by atoms with van der Waals surface area (Å²) < 4.78 is 0. The summed E-state index contributed by atoms with van der Waals surface area (Å²) in [5.74, 6) is 0. The number of anilines is 2. The lowest BCUT2D eigenvalue weighted by Gasteiger charge is -2.25. The number of likely N-dealkylation sites (N-methyl/N-ethyl adjacent to an activating group) is 1. The summed E-state index contributed by atoms with van der Waals surface area (Å²) in [6.07, 6.45) is 6.35. The first-order chi connectivity index (χ1) is 9.66. The molecule has 106 valence electrons. The highest BCUT2D eigenvalue weighted by atomic mass is 15.2. The molecule has 1 fully saturated rings. The van der Waals surface area contributed by atoms with Gasteiger partial charge in [0.15, 0.2) is 0 Å². The van der Waals surface area contributed by atoms with Gasteiger partial charge in [0.2, 0.25) is 0 Å². The SMILES string of the molecule is CC(CNc1ccc(N)c2ccncc12)N(C)C1CC1. The molecule has 20 heavy (non-hydrogen) atoms. The predicted molar refractivity (Wildman–Crippen MR) is 84.9 cm³/mol. The number of fused-ring (bicyclic) bond motifs is 1. The number of nitrogen functional groups attached to an aromatic ring is 1. The van der Waals surface area contributed by atoms with E-state index in [-0.39, 0.29) is 0 Å². The van der Waals surface area contributed by atoms with Gasteiger partial charge in [-0.1, -0.05) is 0 Å². The molecule has 1 unspecified atom stereocenters. The molecule has 1 aromatic heterocycles. The topological polar surface area (TPSA) is 54.2 Å². The summed E-state index contributed by atoms with van der Waals surface area (Å²) in [7, 11) is 2.21. The largest absolute Gasteiger partial charge is 0.398 e. The van der Waals surface area contributed by atoms with Crippen LogP contribution in [-0.4, -0.2) is 35.6 Å². The Labute approximate surface area is 120 Å². The van der Waals surface area contributed by atoms with Crippen molar-refractivity contribution >= 4 is 22.1 Å². The second-order valence-corrected chi connectivity index (χ2v) is 5.75. The first-order valence-electron chi connectivity index (χ1n) is 7.25. The summed E-state index contributed by atoms with van der Waals surface area (Å²) in [4.78, 5) is 6.67. The molecule has 0 saturated heterocycles. The van der Waals surface area contributed by atoms with Crippen molar-refractivity contribution in [1.82, 2.24) is 9.88 Å². The molecular formula is C16H22N4. The molecule has 0 amide bonds. The van der Waals surface area contributed by atoms with Gasteiger partial charge in [0, 0.05) is 53.2 Å². The average molecular weight is 270 g/mol. The molecule has 4 heteroatoms. The number of pyridine rings is 1. The maximum Gasteiger partial charge on any atom is 0.0437 e. The van der Waals surface area contributed by atoms with Crippen LogP contribution in [0.5, 0.6) is 0 Å². The minimum Gasteiger partial charge on any atom is -0.398 e. The fourth-order valence-electron chi connectivity index (χ4n) is 2.61. The van der Waals surface area contributed by atoms with Gasteiger partial charge in [-0.2, -0.15) is 0 Å². The van der Waals surface area contributed by atoms with Crippen LogP contribution in [0.3, 0.4) is 0 Å². The lowest BCUT2D eigenvalue weighted by atomic mass is 10.1. The van der Waals surface area contributed by atoms with E-state index in [1.165, 1.54) is 12.8 Å². The van der Waals surface area contributed by atoms with Crippen LogP contribution in [-0.2, 0) is 0 Å². The van der Waals surface area contributed by atoms with Gasteiger partial charge in [-0.15, -0.1) is 0 Å². The summed E-state index contributed by atoms with van der Waals surface area (Å²) in [5, 5.41) is 5.70. The van der Waals surface area contributed by atoms with E-state index in [2.05, 4.69) is 29.2 Å². The number of hydrogen-bond donors (Lipinski definition) is 2. The second-order valence-electron chi connectivity index (χ2n) is 5.75. The van der Waals surface area contributed by atoms with E-state index in [0.717, 1.165) is 34.7 Å². The molecule has 1 aliphatic carbocycles. The van der Waals surface area contributed by atoms with Gasteiger partial charge in [-0.25, -0.2) is 0 Å². The van der Waals surface area contributed by atoms with E-state index in [0.29, 0.717) is 6.04 Å². The van der Waals surface area contributed by atoms with Crippen LogP contribution < -0.4 is 11.1 Å². The van der Waals surface area contributed by atoms with Gasteiger partial charge < -0.3 is 11.1 Å². The lowest BCUT2D eigenvalue weighted by Crippen LogP contribution is -2.36. The molecule has 0 bridgehead atoms. The van der Waals surface area contributed by atoms with E-state index in [1.54, 1.807) is 6.20 Å². The zero-order valence-corrected chi connectivity index (χ0v) is 12.1. The van der Waals surface area contributed by atoms with Gasteiger partial charge in [-0.05, 0) is 45.0 Å². The Morgan fingerprint density at radius 3 is 2.90 bits per heavy atom. The van der Waals surface area contributed by atoms with Crippen molar-refractivity contribution in [3.63, 3.8) is 0 Å². The number of nitrogens with two attached hydrogens (primary N) is 1. The van der Waals surface area contributed by atoms with E-state index in [9.17, 15) is 0 Å². The number of rotatable bonds is 5. The molecule has 0 spiro atoms. The summed E-state index contributed by atoms with van der Waals surface area (Å²) in [6.45, 7) is 3.20. The van der Waals surface area contributed by atoms with Crippen LogP contribution >= 0.6 is 0 Å². The Balaban J connectivity index is 1.75. The smallest absolute Gasteiger partial charge is 0.0437 e. The quantitative estimate of drug-likeness (QED) is 0.820. The molecule has 2 aromatic rings. The minimum absolute atomic E-state index is 0.520. The van der Waals surface area contributed by atoms with Crippen LogP contribution in [0.1, 0.15) is 19.8 Å². The highest BCUT2D eigenvalue weighted by Gasteiger charge is 2.28. The third-order valence-electron chi connectivity index (χ3n) is 4.26. The number of aromatic nitrogens is 1. The van der Waals surface area contributed by atoms with Crippen molar-refractivity contribution < 1.29 is 0 Å². The first kappa shape index (κ1) is 13.2. The fourth-order valence-corrected chi connectivity index (χ4v) is 2.61. The fraction of sp³-hybridized carbons (Fsp3) is 0.438. The predicted octanol–water partition coefficient (Wildman–Crippen LogP) is 2.71. The standard InChI is InChI=1S/C16H22N4/c1-11(20(2)12-3-4-12)9-19-16-6-5-15(17)13-7-8-18-10-14(13)16/h5-8,10-12,19H,3-4,9,17H2,1-2H3. The van der Waals surface area contributed by atoms with Gasteiger partial charge in [0.25, 0.3) is 0 Å². The van der Waals surface area contributed by atoms with Crippen molar-refractivity contribution in [3.8, 4) is 0 Å². The highest BCUT2D eigenvalue weighted by molar-refractivity contribution is 6.00. The lowest BCUT2D eigenvalue weighted by molar-refractivity contribution is 0.257. The van der Waals surface area contributed by atoms with Crippen molar-refractivity contribution in [1.29, 1.82) is 0 Å². The first-order valence-corrected chi connectivity index (χ1v) is 7.25. The van der Waals surface area contributed by atoms with Crippen LogP contribution in [0, 0.1) is 0 Å². The van der Waals surface area contributed by atoms with Crippen LogP contribution in [0.4, 0.5) is 11.4 Å². The molecule has 1 atom stereocenters. The maximum atomic E-state index is 6.01. The normalized spacial score (nSPS) is 16.6. The van der Waals surface area contributed by atoms with E-state index in [4.69, 9.17) is 5.73 Å². The molecule has 1 saturated carbocycles. The van der Waals surface area contributed by atoms with E-state index in [1.807, 2.05) is 24.4 Å². The zero-order chi connectivity index (χ0) is 14.1. The highest BCUT2D eigenvalue weighted by Crippen LogP contribution is 2.29. The molecule has 1 aliphatic rings. The van der Waals surface area contributed by atoms with Crippen molar-refractivity contribution in [3.05, 3.63) is 30.6 Å². The molecule has 4 nitrogen and oxygen atoms in total. The van der Waals surface area contributed by atoms with Crippen molar-refractivity contribution in [2.24, 2.45) is 0 Å². The molecule has 3 N–H and O–H groups in total. The molecule has 1 heterocycles. The second kappa shape index (κ2) is 5.29. The molecule has 0 aliphatic heterocycles. The molecule has 1 aromatic carbocycles. The number of hydrogen-bond acceptors (Lipinski definition) is 4. The number of nitrogens with zero attached hydrogens (tertiary/aromatic N) is 2. The van der Waals surface area contributed by atoms with Gasteiger partial charge in [-0.3, -0.25) is 9.88 Å². The molecule has 3 rings (SSSR count). The number of nitrogens with one attached hydrogen (secondary N) is 1. The Kier molecular flexibility index (Phi) is 3.49. The Morgan fingerprint density at radius 1 is 1.35 bits per heavy atom. The maximum absolute atomic E-state index is 6.01. The van der Waals surface area contributed by atoms with Crippen LogP contribution in [0.15, 0.2) is 30.6 Å². The van der Waals surface area contributed by atoms with Gasteiger partial charge in [0.1, 0.15) is 0 Å². The van der Waals surface area contributed by atoms with Crippen molar-refractivity contribution in [2.45, 2.75) is 31.8 Å². The zero-order valence-electron chi connectivity index (χ0n) is 12.1. The van der Waals surface area contributed by atoms with Crippen LogP contribution in [0.25, 0.3) is 10.8 Å². The van der Waals surface area contributed by atoms with Crippen LogP contribution in [0.2, 0.25) is 0 Å². The summed E-state index contributed by atoms with van der Waals surface area (Å²) in [5.41, 5.74) is 7.93. The Morgan fingerprint density at radius 2 is 2.15 bits per heavy atom. The Hall–Kier alpha value is -1.81. The number of benzene rings is 1. The van der Waals surface area contributed by atoms with Gasteiger partial charge >= 0.3 is 0 Å². The molecular weight excluding hydrogens is 248 g/mol. The summed E-state index contributed by atoms with van der Waals surface area (Å²) >= 11 is 0. The molecule has 0 radical (unpaired) electrons. The third kappa shape index (κ3) is 2.56. The monoisotopic (exact) mass is 270 g/mol. The van der Waals surface area contributed by atoms with Gasteiger partial charge in [0.05, 0.1) is 0 Å². The van der Waals surface area contributed by atoms with Crippen molar-refractivity contribution in [2.75, 3.05) is 24.6 Å². The van der Waals surface area contributed by atoms with E-state index >= 15 is 0 Å².